The molecule has 0 heterocycles. The second kappa shape index (κ2) is 11.2. The SMILES string of the molecule is c1ccc(-c2cccc3cc(-c4cc(-c5ccccc5)c5c(-c6ccccc6)cccc5c4)cc(-c4ccccc4)c23)cc1. The van der Waals surface area contributed by atoms with Crippen molar-refractivity contribution < 1.29 is 0 Å². The van der Waals surface area contributed by atoms with Crippen LogP contribution in [0, 0.1) is 0 Å². The summed E-state index contributed by atoms with van der Waals surface area (Å²) in [5, 5.41) is 5.04. The molecule has 0 amide bonds. The Hall–Kier alpha value is -5.72. The number of hydrogen-bond acceptors (Lipinski definition) is 0. The van der Waals surface area contributed by atoms with E-state index in [1.807, 2.05) is 0 Å². The van der Waals surface area contributed by atoms with Gasteiger partial charge in [0.1, 0.15) is 0 Å². The van der Waals surface area contributed by atoms with Crippen LogP contribution in [0.25, 0.3) is 77.2 Å². The molecular formula is C44H30. The molecule has 0 spiro atoms. The number of rotatable bonds is 5. The second-order valence-corrected chi connectivity index (χ2v) is 11.3. The van der Waals surface area contributed by atoms with E-state index in [0.717, 1.165) is 0 Å². The monoisotopic (exact) mass is 558 g/mol. The average molecular weight is 559 g/mol. The largest absolute Gasteiger partial charge is 0.0622 e. The molecule has 8 aromatic rings. The molecule has 0 fully saturated rings. The van der Waals surface area contributed by atoms with Crippen LogP contribution in [0.4, 0.5) is 0 Å². The zero-order chi connectivity index (χ0) is 29.3. The molecule has 0 saturated carbocycles. The molecule has 0 saturated heterocycles. The topological polar surface area (TPSA) is 0 Å². The third-order valence-electron chi connectivity index (χ3n) is 8.63. The molecule has 0 unspecified atom stereocenters. The zero-order valence-electron chi connectivity index (χ0n) is 24.3. The van der Waals surface area contributed by atoms with E-state index in [1.165, 1.54) is 77.2 Å². The molecule has 8 rings (SSSR count). The lowest BCUT2D eigenvalue weighted by molar-refractivity contribution is 1.60. The Kier molecular flexibility index (Phi) is 6.59. The van der Waals surface area contributed by atoms with Gasteiger partial charge in [-0.3, -0.25) is 0 Å². The molecule has 0 atom stereocenters. The highest BCUT2D eigenvalue weighted by Gasteiger charge is 2.16. The summed E-state index contributed by atoms with van der Waals surface area (Å²) in [6, 6.07) is 66.0. The summed E-state index contributed by atoms with van der Waals surface area (Å²) < 4.78 is 0. The Balaban J connectivity index is 1.42. The maximum atomic E-state index is 2.39. The van der Waals surface area contributed by atoms with Gasteiger partial charge in [0, 0.05) is 0 Å². The lowest BCUT2D eigenvalue weighted by Gasteiger charge is -2.18. The van der Waals surface area contributed by atoms with E-state index < -0.39 is 0 Å². The van der Waals surface area contributed by atoms with E-state index in [0.29, 0.717) is 0 Å². The minimum absolute atomic E-state index is 1.21. The van der Waals surface area contributed by atoms with Crippen molar-refractivity contribution in [2.45, 2.75) is 0 Å². The van der Waals surface area contributed by atoms with Crippen molar-refractivity contribution in [1.29, 1.82) is 0 Å². The Bertz CT molecular complexity index is 2070. The summed E-state index contributed by atoms with van der Waals surface area (Å²) in [7, 11) is 0. The molecule has 0 heteroatoms. The fraction of sp³-hybridized carbons (Fsp3) is 0. The van der Waals surface area contributed by atoms with E-state index in [4.69, 9.17) is 0 Å². The minimum atomic E-state index is 1.21. The van der Waals surface area contributed by atoms with Gasteiger partial charge in [0.25, 0.3) is 0 Å². The molecule has 0 aliphatic carbocycles. The van der Waals surface area contributed by atoms with Gasteiger partial charge in [-0.15, -0.1) is 0 Å². The van der Waals surface area contributed by atoms with Crippen LogP contribution in [0.1, 0.15) is 0 Å². The standard InChI is InChI=1S/C44H30/c1-5-15-31(16-6-1)39-25-13-23-35-27-37(29-41(43(35)39)33-19-9-3-10-20-33)38-28-36-24-14-26-40(32-17-7-2-8-18-32)44(36)42(30-38)34-21-11-4-12-22-34/h1-30H. The Labute approximate surface area is 258 Å². The lowest BCUT2D eigenvalue weighted by Crippen LogP contribution is -1.91. The van der Waals surface area contributed by atoms with Crippen LogP contribution < -0.4 is 0 Å². The van der Waals surface area contributed by atoms with Gasteiger partial charge in [-0.25, -0.2) is 0 Å². The Morgan fingerprint density at radius 1 is 0.205 bits per heavy atom. The Morgan fingerprint density at radius 2 is 0.523 bits per heavy atom. The highest BCUT2D eigenvalue weighted by atomic mass is 14.2. The van der Waals surface area contributed by atoms with Crippen LogP contribution in [0.5, 0.6) is 0 Å². The summed E-state index contributed by atoms with van der Waals surface area (Å²) in [4.78, 5) is 0. The summed E-state index contributed by atoms with van der Waals surface area (Å²) in [5.41, 5.74) is 12.3. The first-order chi connectivity index (χ1) is 21.8. The predicted molar refractivity (Wildman–Crippen MR) is 189 cm³/mol. The molecule has 0 aliphatic heterocycles. The minimum Gasteiger partial charge on any atom is -0.0622 e. The molecule has 0 bridgehead atoms. The van der Waals surface area contributed by atoms with Crippen LogP contribution >= 0.6 is 0 Å². The quantitative estimate of drug-likeness (QED) is 0.197. The van der Waals surface area contributed by atoms with Crippen LogP contribution in [0.15, 0.2) is 182 Å². The molecule has 44 heavy (non-hydrogen) atoms. The van der Waals surface area contributed by atoms with Gasteiger partial charge < -0.3 is 0 Å². The summed E-state index contributed by atoms with van der Waals surface area (Å²) in [5.74, 6) is 0. The maximum absolute atomic E-state index is 2.39. The lowest BCUT2D eigenvalue weighted by atomic mass is 9.86. The number of fused-ring (bicyclic) bond motifs is 2. The van der Waals surface area contributed by atoms with E-state index >= 15 is 0 Å². The van der Waals surface area contributed by atoms with Crippen molar-refractivity contribution in [2.24, 2.45) is 0 Å². The maximum Gasteiger partial charge on any atom is -0.00264 e. The zero-order valence-corrected chi connectivity index (χ0v) is 24.3. The third-order valence-corrected chi connectivity index (χ3v) is 8.63. The molecule has 0 aliphatic rings. The Morgan fingerprint density at radius 3 is 0.864 bits per heavy atom. The van der Waals surface area contributed by atoms with Gasteiger partial charge in [-0.05, 0) is 101 Å². The third kappa shape index (κ3) is 4.68. The highest BCUT2D eigenvalue weighted by Crippen LogP contribution is 2.43. The molecule has 0 nitrogen and oxygen atoms in total. The van der Waals surface area contributed by atoms with Crippen molar-refractivity contribution in [3.05, 3.63) is 182 Å². The first-order valence-corrected chi connectivity index (χ1v) is 15.2. The summed E-state index contributed by atoms with van der Waals surface area (Å²) in [6.07, 6.45) is 0. The van der Waals surface area contributed by atoms with Gasteiger partial charge in [0.05, 0.1) is 0 Å². The fourth-order valence-electron chi connectivity index (χ4n) is 6.60. The first kappa shape index (κ1) is 25.9. The molecule has 206 valence electrons. The normalized spacial score (nSPS) is 11.2. The van der Waals surface area contributed by atoms with Gasteiger partial charge in [0.2, 0.25) is 0 Å². The van der Waals surface area contributed by atoms with Gasteiger partial charge in [0.15, 0.2) is 0 Å². The van der Waals surface area contributed by atoms with E-state index in [-0.39, 0.29) is 0 Å². The van der Waals surface area contributed by atoms with Crippen molar-refractivity contribution >= 4 is 21.5 Å². The van der Waals surface area contributed by atoms with Crippen LogP contribution in [0.3, 0.4) is 0 Å². The van der Waals surface area contributed by atoms with E-state index in [1.54, 1.807) is 0 Å². The number of benzene rings is 8. The molecule has 0 N–H and O–H groups in total. The van der Waals surface area contributed by atoms with E-state index in [9.17, 15) is 0 Å². The first-order valence-electron chi connectivity index (χ1n) is 15.2. The number of hydrogen-bond donors (Lipinski definition) is 0. The average Bonchev–Trinajstić information content (AvgIpc) is 3.11. The van der Waals surface area contributed by atoms with Crippen molar-refractivity contribution in [1.82, 2.24) is 0 Å². The van der Waals surface area contributed by atoms with Gasteiger partial charge in [-0.1, -0.05) is 158 Å². The van der Waals surface area contributed by atoms with Crippen molar-refractivity contribution in [3.63, 3.8) is 0 Å². The van der Waals surface area contributed by atoms with Crippen LogP contribution in [-0.4, -0.2) is 0 Å². The molecular weight excluding hydrogens is 528 g/mol. The summed E-state index contributed by atoms with van der Waals surface area (Å²) in [6.45, 7) is 0. The van der Waals surface area contributed by atoms with Crippen molar-refractivity contribution in [2.75, 3.05) is 0 Å². The molecule has 0 radical (unpaired) electrons. The smallest absolute Gasteiger partial charge is 0.00264 e. The fourth-order valence-corrected chi connectivity index (χ4v) is 6.60. The second-order valence-electron chi connectivity index (χ2n) is 11.3. The molecule has 8 aromatic carbocycles. The molecule has 0 aromatic heterocycles. The van der Waals surface area contributed by atoms with Crippen molar-refractivity contribution in [3.8, 4) is 55.6 Å². The van der Waals surface area contributed by atoms with Crippen LogP contribution in [0.2, 0.25) is 0 Å². The summed E-state index contributed by atoms with van der Waals surface area (Å²) >= 11 is 0. The van der Waals surface area contributed by atoms with E-state index in [2.05, 4.69) is 182 Å². The van der Waals surface area contributed by atoms with Gasteiger partial charge >= 0.3 is 0 Å². The van der Waals surface area contributed by atoms with Gasteiger partial charge in [-0.2, -0.15) is 0 Å². The highest BCUT2D eigenvalue weighted by molar-refractivity contribution is 6.11. The van der Waals surface area contributed by atoms with Crippen LogP contribution in [-0.2, 0) is 0 Å². The predicted octanol–water partition coefficient (Wildman–Crippen LogP) is 12.3.